The van der Waals surface area contributed by atoms with Gasteiger partial charge in [-0.2, -0.15) is 0 Å². The van der Waals surface area contributed by atoms with Gasteiger partial charge in [-0.05, 0) is 13.8 Å². The van der Waals surface area contributed by atoms with Crippen molar-refractivity contribution < 1.29 is 19.2 Å². The first kappa shape index (κ1) is 13.9. The molecule has 0 bridgehead atoms. The van der Waals surface area contributed by atoms with Gasteiger partial charge in [0, 0.05) is 6.04 Å². The summed E-state index contributed by atoms with van der Waals surface area (Å²) in [6.45, 7) is 5.21. The van der Waals surface area contributed by atoms with Crippen molar-refractivity contribution in [3.8, 4) is 0 Å². The third-order valence-corrected chi connectivity index (χ3v) is 2.74. The molecular weight excluding hydrogens is 240 g/mol. The zero-order chi connectivity index (χ0) is 13.9. The molecule has 8 nitrogen and oxygen atoms in total. The molecular formula is C10H16N4O4. The topological polar surface area (TPSA) is 116 Å². The SMILES string of the molecule is CC1NC(=O)NC(=O)C1C.CC1NC(=O)NC1=O. The summed E-state index contributed by atoms with van der Waals surface area (Å²) in [5.41, 5.74) is 0. The first-order valence-electron chi connectivity index (χ1n) is 5.54. The molecule has 2 aliphatic heterocycles. The number of carbonyl (C=O) groups is 4. The lowest BCUT2D eigenvalue weighted by atomic mass is 10.0. The minimum atomic E-state index is -0.400. The molecule has 0 aromatic heterocycles. The molecule has 100 valence electrons. The monoisotopic (exact) mass is 256 g/mol. The number of amides is 6. The Kier molecular flexibility index (Phi) is 4.24. The van der Waals surface area contributed by atoms with Gasteiger partial charge in [-0.25, -0.2) is 9.59 Å². The number of imide groups is 2. The van der Waals surface area contributed by atoms with Crippen LogP contribution in [0.4, 0.5) is 9.59 Å². The van der Waals surface area contributed by atoms with Crippen LogP contribution in [0, 0.1) is 5.92 Å². The number of carbonyl (C=O) groups excluding carboxylic acids is 4. The van der Waals surface area contributed by atoms with Gasteiger partial charge in [-0.1, -0.05) is 6.92 Å². The zero-order valence-electron chi connectivity index (χ0n) is 10.4. The van der Waals surface area contributed by atoms with Gasteiger partial charge in [-0.3, -0.25) is 20.2 Å². The molecule has 0 aromatic rings. The second kappa shape index (κ2) is 5.48. The Hall–Kier alpha value is -2.12. The van der Waals surface area contributed by atoms with Crippen LogP contribution in [-0.4, -0.2) is 36.0 Å². The van der Waals surface area contributed by atoms with Crippen molar-refractivity contribution in [1.82, 2.24) is 21.3 Å². The molecule has 18 heavy (non-hydrogen) atoms. The van der Waals surface area contributed by atoms with E-state index in [4.69, 9.17) is 0 Å². The fourth-order valence-corrected chi connectivity index (χ4v) is 1.34. The third-order valence-electron chi connectivity index (χ3n) is 2.74. The van der Waals surface area contributed by atoms with Crippen LogP contribution < -0.4 is 21.3 Å². The Morgan fingerprint density at radius 3 is 1.61 bits per heavy atom. The standard InChI is InChI=1S/C6H10N2O2.C4H6N2O2/c1-3-4(2)7-6(10)8-5(3)9;1-2-3(7)6-4(8)5-2/h3-4H,1-2H3,(H2,7,8,9,10);2H,1H3,(H2,5,6,7,8). The maximum Gasteiger partial charge on any atom is 0.322 e. The molecule has 0 saturated carbocycles. The lowest BCUT2D eigenvalue weighted by Crippen LogP contribution is -2.56. The number of nitrogens with one attached hydrogen (secondary N) is 4. The Morgan fingerprint density at radius 1 is 0.778 bits per heavy atom. The number of hydrogen-bond donors (Lipinski definition) is 4. The average molecular weight is 256 g/mol. The first-order chi connectivity index (χ1) is 8.31. The molecule has 2 fully saturated rings. The fraction of sp³-hybridized carbons (Fsp3) is 0.600. The Morgan fingerprint density at radius 2 is 1.28 bits per heavy atom. The summed E-state index contributed by atoms with van der Waals surface area (Å²) in [5, 5.41) is 9.20. The van der Waals surface area contributed by atoms with Crippen molar-refractivity contribution in [3.63, 3.8) is 0 Å². The molecule has 2 aliphatic rings. The minimum absolute atomic E-state index is 0.0544. The molecule has 3 atom stereocenters. The highest BCUT2D eigenvalue weighted by molar-refractivity contribution is 6.03. The third kappa shape index (κ3) is 3.44. The average Bonchev–Trinajstić information content (AvgIpc) is 2.53. The van der Waals surface area contributed by atoms with E-state index in [1.54, 1.807) is 20.8 Å². The Bertz CT molecular complexity index is 395. The van der Waals surface area contributed by atoms with E-state index in [0.29, 0.717) is 0 Å². The molecule has 0 radical (unpaired) electrons. The van der Waals surface area contributed by atoms with Crippen LogP contribution in [0.3, 0.4) is 0 Å². The second-order valence-electron chi connectivity index (χ2n) is 4.22. The lowest BCUT2D eigenvalue weighted by molar-refractivity contribution is -0.125. The van der Waals surface area contributed by atoms with E-state index in [0.717, 1.165) is 0 Å². The van der Waals surface area contributed by atoms with E-state index >= 15 is 0 Å². The van der Waals surface area contributed by atoms with Crippen LogP contribution in [0.2, 0.25) is 0 Å². The summed E-state index contributed by atoms with van der Waals surface area (Å²) in [6.07, 6.45) is 0. The van der Waals surface area contributed by atoms with Crippen LogP contribution in [0.1, 0.15) is 20.8 Å². The van der Waals surface area contributed by atoms with Crippen LogP contribution in [0.25, 0.3) is 0 Å². The molecule has 0 aromatic carbocycles. The van der Waals surface area contributed by atoms with E-state index in [1.165, 1.54) is 0 Å². The highest BCUT2D eigenvalue weighted by Crippen LogP contribution is 2.05. The predicted octanol–water partition coefficient (Wildman–Crippen LogP) is -0.935. The highest BCUT2D eigenvalue weighted by Gasteiger charge is 2.28. The quantitative estimate of drug-likeness (QED) is 0.419. The van der Waals surface area contributed by atoms with E-state index in [9.17, 15) is 19.2 Å². The van der Waals surface area contributed by atoms with Crippen LogP contribution in [-0.2, 0) is 9.59 Å². The molecule has 2 heterocycles. The van der Waals surface area contributed by atoms with Gasteiger partial charge in [0.25, 0.3) is 0 Å². The number of hydrogen-bond acceptors (Lipinski definition) is 4. The number of urea groups is 2. The van der Waals surface area contributed by atoms with E-state index in [2.05, 4.69) is 21.3 Å². The van der Waals surface area contributed by atoms with Crippen molar-refractivity contribution in [2.45, 2.75) is 32.9 Å². The maximum atomic E-state index is 10.8. The van der Waals surface area contributed by atoms with Gasteiger partial charge < -0.3 is 10.6 Å². The fourth-order valence-electron chi connectivity index (χ4n) is 1.34. The molecule has 0 spiro atoms. The van der Waals surface area contributed by atoms with Crippen molar-refractivity contribution in [2.75, 3.05) is 0 Å². The molecule has 2 saturated heterocycles. The smallest absolute Gasteiger partial charge is 0.322 e. The first-order valence-corrected chi connectivity index (χ1v) is 5.54. The largest absolute Gasteiger partial charge is 0.335 e. The molecule has 0 aliphatic carbocycles. The molecule has 2 rings (SSSR count). The van der Waals surface area contributed by atoms with Gasteiger partial charge in [0.05, 0.1) is 5.92 Å². The highest BCUT2D eigenvalue weighted by atomic mass is 16.2. The van der Waals surface area contributed by atoms with Crippen LogP contribution in [0.15, 0.2) is 0 Å². The van der Waals surface area contributed by atoms with Crippen molar-refractivity contribution in [2.24, 2.45) is 5.92 Å². The molecule has 3 unspecified atom stereocenters. The van der Waals surface area contributed by atoms with E-state index in [-0.39, 0.29) is 29.8 Å². The minimum Gasteiger partial charge on any atom is -0.335 e. The lowest BCUT2D eigenvalue weighted by Gasteiger charge is -2.25. The van der Waals surface area contributed by atoms with Gasteiger partial charge >= 0.3 is 12.1 Å². The Labute approximate surface area is 104 Å². The maximum absolute atomic E-state index is 10.8. The summed E-state index contributed by atoms with van der Waals surface area (Å²) < 4.78 is 0. The normalized spacial score (nSPS) is 30.5. The molecule has 8 heteroatoms. The van der Waals surface area contributed by atoms with Gasteiger partial charge in [0.1, 0.15) is 6.04 Å². The zero-order valence-corrected chi connectivity index (χ0v) is 10.4. The predicted molar refractivity (Wildman–Crippen MR) is 61.4 cm³/mol. The summed E-state index contributed by atoms with van der Waals surface area (Å²) in [7, 11) is 0. The van der Waals surface area contributed by atoms with Crippen molar-refractivity contribution in [1.29, 1.82) is 0 Å². The van der Waals surface area contributed by atoms with Crippen molar-refractivity contribution in [3.05, 3.63) is 0 Å². The molecule has 4 N–H and O–H groups in total. The summed E-state index contributed by atoms with van der Waals surface area (Å²) >= 11 is 0. The van der Waals surface area contributed by atoms with E-state index in [1.807, 2.05) is 0 Å². The summed E-state index contributed by atoms with van der Waals surface area (Å²) in [5.74, 6) is -0.580. The van der Waals surface area contributed by atoms with Gasteiger partial charge in [-0.15, -0.1) is 0 Å². The number of rotatable bonds is 0. The van der Waals surface area contributed by atoms with Crippen LogP contribution >= 0.6 is 0 Å². The van der Waals surface area contributed by atoms with Gasteiger partial charge in [0.2, 0.25) is 11.8 Å². The van der Waals surface area contributed by atoms with Crippen molar-refractivity contribution >= 4 is 23.9 Å². The summed E-state index contributed by atoms with van der Waals surface area (Å²) in [6, 6.07) is -1.21. The van der Waals surface area contributed by atoms with Crippen LogP contribution in [0.5, 0.6) is 0 Å². The molecule has 6 amide bonds. The summed E-state index contributed by atoms with van der Waals surface area (Å²) in [4.78, 5) is 42.0. The van der Waals surface area contributed by atoms with E-state index < -0.39 is 12.1 Å². The Balaban J connectivity index is 0.000000184. The van der Waals surface area contributed by atoms with Gasteiger partial charge in [0.15, 0.2) is 0 Å². The second-order valence-corrected chi connectivity index (χ2v) is 4.22.